The Labute approximate surface area is 283 Å². The number of piperidine rings is 1. The van der Waals surface area contributed by atoms with Crippen LogP contribution in [0.4, 0.5) is 0 Å². The number of carboxylic acid groups (broad SMARTS) is 2. The molecule has 0 saturated carbocycles. The lowest BCUT2D eigenvalue weighted by Crippen LogP contribution is -2.27. The highest BCUT2D eigenvalue weighted by Crippen LogP contribution is 2.47. The average molecular weight is 668 g/mol. The van der Waals surface area contributed by atoms with Crippen molar-refractivity contribution in [2.75, 3.05) is 27.2 Å². The molecule has 0 aromatic heterocycles. The molecule has 248 valence electrons. The van der Waals surface area contributed by atoms with Crippen LogP contribution in [0.1, 0.15) is 39.9 Å². The zero-order valence-corrected chi connectivity index (χ0v) is 27.4. The van der Waals surface area contributed by atoms with E-state index in [2.05, 4.69) is 60.5 Å². The van der Waals surface area contributed by atoms with Crippen LogP contribution in [-0.2, 0) is 16.0 Å². The summed E-state index contributed by atoms with van der Waals surface area (Å²) in [5.74, 6) is -2.27. The van der Waals surface area contributed by atoms with E-state index in [1.54, 1.807) is 36.9 Å². The van der Waals surface area contributed by atoms with Crippen molar-refractivity contribution in [1.29, 1.82) is 0 Å². The minimum absolute atomic E-state index is 0.0708. The molecular formula is C38H37NO8S. The number of ketones is 1. The Morgan fingerprint density at radius 1 is 0.792 bits per heavy atom. The Kier molecular flexibility index (Phi) is 12.6. The molecule has 2 heterocycles. The first-order valence-corrected chi connectivity index (χ1v) is 16.0. The van der Waals surface area contributed by atoms with Crippen LogP contribution in [0.25, 0.3) is 5.57 Å². The lowest BCUT2D eigenvalue weighted by Gasteiger charge is -2.30. The van der Waals surface area contributed by atoms with Gasteiger partial charge in [0, 0.05) is 47.5 Å². The molecule has 1 fully saturated rings. The predicted molar refractivity (Wildman–Crippen MR) is 185 cm³/mol. The normalized spacial score (nSPS) is 13.6. The molecule has 6 rings (SSSR count). The van der Waals surface area contributed by atoms with Gasteiger partial charge in [-0.1, -0.05) is 65.9 Å². The molecule has 4 N–H and O–H groups in total. The number of carboxylic acids is 2. The third-order valence-corrected chi connectivity index (χ3v) is 8.80. The summed E-state index contributed by atoms with van der Waals surface area (Å²) in [5.41, 5.74) is 7.04. The fourth-order valence-corrected chi connectivity index (χ4v) is 6.32. The molecule has 0 bridgehead atoms. The zero-order chi connectivity index (χ0) is 34.6. The number of Topliss-reactive ketones (excluding diaryl/α,β-unsaturated/α-hetero) is 1. The first-order valence-electron chi connectivity index (χ1n) is 15.1. The molecule has 2 aliphatic rings. The zero-order valence-electron chi connectivity index (χ0n) is 26.6. The molecule has 10 heteroatoms. The van der Waals surface area contributed by atoms with Crippen LogP contribution in [0.2, 0.25) is 0 Å². The number of benzene rings is 4. The Bertz CT molecular complexity index is 1760. The van der Waals surface area contributed by atoms with E-state index < -0.39 is 11.9 Å². The fraction of sp³-hybridized carbons (Fsp3) is 0.184. The second-order valence-corrected chi connectivity index (χ2v) is 12.1. The molecule has 0 radical (unpaired) electrons. The Morgan fingerprint density at radius 2 is 1.33 bits per heavy atom. The lowest BCUT2D eigenvalue weighted by atomic mass is 9.88. The first kappa shape index (κ1) is 35.5. The lowest BCUT2D eigenvalue weighted by molar-refractivity contribution is -0.134. The third-order valence-electron chi connectivity index (χ3n) is 7.65. The van der Waals surface area contributed by atoms with Gasteiger partial charge in [0.1, 0.15) is 17.2 Å². The maximum atomic E-state index is 12.0. The molecule has 9 nitrogen and oxygen atoms in total. The van der Waals surface area contributed by atoms with Gasteiger partial charge in [-0.2, -0.15) is 0 Å². The molecule has 0 unspecified atom stereocenters. The van der Waals surface area contributed by atoms with Crippen molar-refractivity contribution in [2.45, 2.75) is 29.1 Å². The van der Waals surface area contributed by atoms with Gasteiger partial charge in [0.15, 0.2) is 5.78 Å². The molecule has 4 aromatic rings. The SMILES string of the molecule is CN1CCC(=C2c3ccccc3Sc3ccccc32)CC1.COc1ccc(CC(=O)c2ccc(O)cc2O)cc1.O=C(O)C=CC(=O)O. The van der Waals surface area contributed by atoms with Crippen molar-refractivity contribution in [3.05, 3.63) is 131 Å². The maximum absolute atomic E-state index is 12.0. The van der Waals surface area contributed by atoms with E-state index >= 15 is 0 Å². The second kappa shape index (κ2) is 17.0. The van der Waals surface area contributed by atoms with Gasteiger partial charge >= 0.3 is 11.9 Å². The van der Waals surface area contributed by atoms with Crippen LogP contribution in [0.5, 0.6) is 17.2 Å². The summed E-state index contributed by atoms with van der Waals surface area (Å²) >= 11 is 1.91. The Morgan fingerprint density at radius 3 is 1.83 bits per heavy atom. The van der Waals surface area contributed by atoms with E-state index in [9.17, 15) is 24.6 Å². The summed E-state index contributed by atoms with van der Waals surface area (Å²) in [6, 6.07) is 28.8. The van der Waals surface area contributed by atoms with Crippen molar-refractivity contribution in [2.24, 2.45) is 0 Å². The minimum Gasteiger partial charge on any atom is -0.508 e. The van der Waals surface area contributed by atoms with Crippen LogP contribution in [0, 0.1) is 0 Å². The third kappa shape index (κ3) is 9.84. The van der Waals surface area contributed by atoms with E-state index in [1.807, 2.05) is 11.8 Å². The fourth-order valence-electron chi connectivity index (χ4n) is 5.23. The number of likely N-dealkylation sites (tertiary alicyclic amines) is 1. The van der Waals surface area contributed by atoms with Crippen LogP contribution < -0.4 is 4.74 Å². The number of carbonyl (C=O) groups excluding carboxylic acids is 1. The van der Waals surface area contributed by atoms with Crippen LogP contribution in [0.15, 0.2) is 119 Å². The molecular weight excluding hydrogens is 630 g/mol. The molecule has 0 spiro atoms. The molecule has 1 saturated heterocycles. The topological polar surface area (TPSA) is 145 Å². The summed E-state index contributed by atoms with van der Waals surface area (Å²) < 4.78 is 5.04. The number of rotatable bonds is 6. The number of ether oxygens (including phenoxy) is 1. The van der Waals surface area contributed by atoms with E-state index in [-0.39, 0.29) is 29.3 Å². The van der Waals surface area contributed by atoms with Crippen molar-refractivity contribution in [3.8, 4) is 17.2 Å². The summed E-state index contributed by atoms with van der Waals surface area (Å²) in [4.78, 5) is 36.4. The largest absolute Gasteiger partial charge is 0.508 e. The van der Waals surface area contributed by atoms with E-state index in [4.69, 9.17) is 14.9 Å². The number of nitrogens with zero attached hydrogens (tertiary/aromatic N) is 1. The van der Waals surface area contributed by atoms with Gasteiger partial charge in [-0.15, -0.1) is 0 Å². The average Bonchev–Trinajstić information content (AvgIpc) is 3.07. The monoisotopic (exact) mass is 667 g/mol. The van der Waals surface area contributed by atoms with Crippen LogP contribution in [0.3, 0.4) is 0 Å². The summed E-state index contributed by atoms with van der Waals surface area (Å²) in [6.07, 6.45) is 3.69. The van der Waals surface area contributed by atoms with Crippen LogP contribution >= 0.6 is 11.8 Å². The Balaban J connectivity index is 0.000000179. The number of phenolic OH excluding ortho intramolecular Hbond substituents is 2. The Hall–Kier alpha value is -5.32. The predicted octanol–water partition coefficient (Wildman–Crippen LogP) is 6.92. The quantitative estimate of drug-likeness (QED) is 0.111. The second-order valence-electron chi connectivity index (χ2n) is 11.0. The van der Waals surface area contributed by atoms with Gasteiger partial charge in [-0.3, -0.25) is 4.79 Å². The molecule has 0 aliphatic carbocycles. The minimum atomic E-state index is -1.26. The number of aromatic hydroxyl groups is 2. The number of carbonyl (C=O) groups is 3. The molecule has 2 aliphatic heterocycles. The van der Waals surface area contributed by atoms with Gasteiger partial charge in [0.05, 0.1) is 12.7 Å². The number of hydrogen-bond donors (Lipinski definition) is 4. The number of fused-ring (bicyclic) bond motifs is 2. The highest BCUT2D eigenvalue weighted by molar-refractivity contribution is 7.99. The molecule has 48 heavy (non-hydrogen) atoms. The molecule has 4 aromatic carbocycles. The summed E-state index contributed by atoms with van der Waals surface area (Å²) in [7, 11) is 3.80. The first-order chi connectivity index (χ1) is 23.0. The highest BCUT2D eigenvalue weighted by atomic mass is 32.2. The van der Waals surface area contributed by atoms with Crippen molar-refractivity contribution in [1.82, 2.24) is 4.90 Å². The van der Waals surface area contributed by atoms with Crippen LogP contribution in [-0.4, -0.2) is 70.3 Å². The van der Waals surface area contributed by atoms with E-state index in [1.165, 1.54) is 64.6 Å². The van der Waals surface area contributed by atoms with Gasteiger partial charge < -0.3 is 30.1 Å². The van der Waals surface area contributed by atoms with E-state index in [0.717, 1.165) is 17.4 Å². The summed E-state index contributed by atoms with van der Waals surface area (Å²) in [6.45, 7) is 2.35. The number of hydrogen-bond acceptors (Lipinski definition) is 8. The number of phenols is 2. The number of aliphatic carboxylic acids is 2. The molecule has 0 atom stereocenters. The number of methoxy groups -OCH3 is 1. The highest BCUT2D eigenvalue weighted by Gasteiger charge is 2.24. The standard InChI is InChI=1S/C19H19NS.C15H14O4.C4H4O4/c1-20-12-10-14(11-13-20)19-15-6-2-4-8-17(15)21-18-9-5-3-7-16(18)19;1-19-12-5-2-10(3-6-12)8-14(17)13-7-4-11(16)9-15(13)18;5-3(6)1-2-4(7)8/h2-9H,10-13H2,1H3;2-7,9,16,18H,8H2,1H3;1-2H,(H,5,6)(H,7,8). The maximum Gasteiger partial charge on any atom is 0.328 e. The van der Waals surface area contributed by atoms with Crippen molar-refractivity contribution in [3.63, 3.8) is 0 Å². The van der Waals surface area contributed by atoms with Gasteiger partial charge in [-0.25, -0.2) is 9.59 Å². The smallest absolute Gasteiger partial charge is 0.328 e. The van der Waals surface area contributed by atoms with Gasteiger partial charge in [-0.05, 0) is 78.6 Å². The van der Waals surface area contributed by atoms with Gasteiger partial charge in [0.25, 0.3) is 0 Å². The van der Waals surface area contributed by atoms with Gasteiger partial charge in [0.2, 0.25) is 0 Å². The van der Waals surface area contributed by atoms with Crippen molar-refractivity contribution < 1.29 is 39.5 Å². The van der Waals surface area contributed by atoms with E-state index in [0.29, 0.717) is 12.2 Å². The summed E-state index contributed by atoms with van der Waals surface area (Å²) in [5, 5.41) is 34.4. The van der Waals surface area contributed by atoms with Crippen molar-refractivity contribution >= 4 is 35.1 Å². The molecule has 0 amide bonds.